The standard InChI is InChI=1S/C27H29NO4/c1-3-28(25(26(29)30)16-19-14-12-18(2)13-15-19)27(31)32-17-24-22-10-6-4-8-20(22)21-9-5-7-11-23(21)24/h4-6,8-10,12-15,24-25H,3,7,11,16-17H2,1-2H3,(H,29,30)/t24?,25-/m0/s1. The van der Waals surface area contributed by atoms with E-state index in [1.54, 1.807) is 6.92 Å². The molecule has 2 aromatic carbocycles. The second-order valence-corrected chi connectivity index (χ2v) is 8.43. The molecular formula is C27H29NO4. The van der Waals surface area contributed by atoms with Gasteiger partial charge in [-0.25, -0.2) is 9.59 Å². The molecule has 5 nitrogen and oxygen atoms in total. The highest BCUT2D eigenvalue weighted by Gasteiger charge is 2.34. The number of aliphatic carboxylic acids is 1. The van der Waals surface area contributed by atoms with Crippen LogP contribution in [0.15, 0.2) is 66.3 Å². The molecule has 0 aromatic heterocycles. The maximum atomic E-state index is 13.0. The van der Waals surface area contributed by atoms with Crippen LogP contribution in [-0.4, -0.2) is 41.3 Å². The first-order valence-electron chi connectivity index (χ1n) is 11.2. The number of rotatable bonds is 7. The van der Waals surface area contributed by atoms with Crippen molar-refractivity contribution in [3.8, 4) is 0 Å². The van der Waals surface area contributed by atoms with Gasteiger partial charge in [-0.15, -0.1) is 0 Å². The Labute approximate surface area is 189 Å². The second kappa shape index (κ2) is 9.43. The summed E-state index contributed by atoms with van der Waals surface area (Å²) in [5.41, 5.74) is 6.91. The Morgan fingerprint density at radius 3 is 2.62 bits per heavy atom. The number of likely N-dealkylation sites (N-methyl/N-ethyl adjacent to an activating group) is 1. The van der Waals surface area contributed by atoms with E-state index in [-0.39, 0.29) is 25.5 Å². The number of ether oxygens (including phenoxy) is 1. The molecule has 0 bridgehead atoms. The first-order valence-corrected chi connectivity index (χ1v) is 11.2. The molecule has 0 heterocycles. The van der Waals surface area contributed by atoms with Gasteiger partial charge in [0.2, 0.25) is 0 Å². The first-order chi connectivity index (χ1) is 15.5. The molecule has 2 atom stereocenters. The molecular weight excluding hydrogens is 402 g/mol. The zero-order valence-corrected chi connectivity index (χ0v) is 18.6. The fraction of sp³-hybridized carbons (Fsp3) is 0.333. The predicted molar refractivity (Wildman–Crippen MR) is 125 cm³/mol. The summed E-state index contributed by atoms with van der Waals surface area (Å²) >= 11 is 0. The third-order valence-electron chi connectivity index (χ3n) is 6.42. The topological polar surface area (TPSA) is 66.8 Å². The van der Waals surface area contributed by atoms with E-state index in [0.717, 1.165) is 24.0 Å². The van der Waals surface area contributed by atoms with Gasteiger partial charge in [-0.3, -0.25) is 4.90 Å². The number of benzene rings is 2. The van der Waals surface area contributed by atoms with Crippen molar-refractivity contribution in [2.45, 2.75) is 45.1 Å². The van der Waals surface area contributed by atoms with Crippen molar-refractivity contribution in [3.63, 3.8) is 0 Å². The minimum Gasteiger partial charge on any atom is -0.480 e. The summed E-state index contributed by atoms with van der Waals surface area (Å²) in [5.74, 6) is -1.01. The molecule has 0 saturated carbocycles. The number of amides is 1. The van der Waals surface area contributed by atoms with Gasteiger partial charge in [0, 0.05) is 18.9 Å². The molecule has 0 saturated heterocycles. The van der Waals surface area contributed by atoms with Crippen LogP contribution in [0.3, 0.4) is 0 Å². The second-order valence-electron chi connectivity index (χ2n) is 8.43. The van der Waals surface area contributed by atoms with Gasteiger partial charge in [0.05, 0.1) is 0 Å². The van der Waals surface area contributed by atoms with Gasteiger partial charge in [0.15, 0.2) is 0 Å². The average Bonchev–Trinajstić information content (AvgIpc) is 3.12. The third kappa shape index (κ3) is 4.33. The monoisotopic (exact) mass is 431 g/mol. The number of aryl methyl sites for hydroxylation is 1. The van der Waals surface area contributed by atoms with Crippen LogP contribution in [0, 0.1) is 6.92 Å². The summed E-state index contributed by atoms with van der Waals surface area (Å²) in [7, 11) is 0. The summed E-state index contributed by atoms with van der Waals surface area (Å²) in [6, 6.07) is 15.0. The Morgan fingerprint density at radius 1 is 1.16 bits per heavy atom. The lowest BCUT2D eigenvalue weighted by Gasteiger charge is -2.28. The fourth-order valence-corrected chi connectivity index (χ4v) is 4.72. The molecule has 2 aromatic rings. The van der Waals surface area contributed by atoms with Gasteiger partial charge in [-0.05, 0) is 49.0 Å². The number of hydrogen-bond acceptors (Lipinski definition) is 3. The molecule has 166 valence electrons. The van der Waals surface area contributed by atoms with Gasteiger partial charge >= 0.3 is 12.1 Å². The van der Waals surface area contributed by atoms with Crippen molar-refractivity contribution < 1.29 is 19.4 Å². The Kier molecular flexibility index (Phi) is 6.45. The van der Waals surface area contributed by atoms with Crippen LogP contribution in [0.5, 0.6) is 0 Å². The fourth-order valence-electron chi connectivity index (χ4n) is 4.72. The summed E-state index contributed by atoms with van der Waals surface area (Å²) in [4.78, 5) is 26.3. The van der Waals surface area contributed by atoms with Crippen molar-refractivity contribution in [1.29, 1.82) is 0 Å². The molecule has 4 rings (SSSR count). The summed E-state index contributed by atoms with van der Waals surface area (Å²) in [6.07, 6.45) is 5.95. The van der Waals surface area contributed by atoms with Crippen LogP contribution in [0.4, 0.5) is 4.79 Å². The minimum absolute atomic E-state index is 0.0224. The molecule has 5 heteroatoms. The molecule has 2 aliphatic rings. The lowest BCUT2D eigenvalue weighted by atomic mass is 9.91. The molecule has 2 aliphatic carbocycles. The van der Waals surface area contributed by atoms with Crippen molar-refractivity contribution in [2.24, 2.45) is 0 Å². The largest absolute Gasteiger partial charge is 0.480 e. The van der Waals surface area contributed by atoms with E-state index < -0.39 is 18.1 Å². The van der Waals surface area contributed by atoms with Gasteiger partial charge in [-0.2, -0.15) is 0 Å². The molecule has 1 N–H and O–H groups in total. The van der Waals surface area contributed by atoms with E-state index in [0.29, 0.717) is 0 Å². The highest BCUT2D eigenvalue weighted by Crippen LogP contribution is 2.46. The van der Waals surface area contributed by atoms with E-state index in [2.05, 4.69) is 24.3 Å². The minimum atomic E-state index is -1.03. The molecule has 0 aliphatic heterocycles. The van der Waals surface area contributed by atoms with E-state index in [1.165, 1.54) is 27.2 Å². The molecule has 0 radical (unpaired) electrons. The number of carbonyl (C=O) groups is 2. The highest BCUT2D eigenvalue weighted by molar-refractivity contribution is 5.85. The van der Waals surface area contributed by atoms with Crippen molar-refractivity contribution in [3.05, 3.63) is 88.5 Å². The molecule has 1 unspecified atom stereocenters. The normalized spacial score (nSPS) is 17.5. The summed E-state index contributed by atoms with van der Waals surface area (Å²) in [6.45, 7) is 4.25. The molecule has 0 spiro atoms. The third-order valence-corrected chi connectivity index (χ3v) is 6.42. The number of hydrogen-bond donors (Lipinski definition) is 1. The maximum absolute atomic E-state index is 13.0. The Balaban J connectivity index is 1.49. The number of nitrogens with zero attached hydrogens (tertiary/aromatic N) is 1. The lowest BCUT2D eigenvalue weighted by Crippen LogP contribution is -2.46. The van der Waals surface area contributed by atoms with E-state index >= 15 is 0 Å². The Morgan fingerprint density at radius 2 is 1.91 bits per heavy atom. The maximum Gasteiger partial charge on any atom is 0.410 e. The SMILES string of the molecule is CCN(C(=O)OCC1C2=C(C=CCC2)c2ccccc21)[C@@H](Cc1ccc(C)cc1)C(=O)O. The number of allylic oxidation sites excluding steroid dienone is 3. The Bertz CT molecular complexity index is 1070. The quantitative estimate of drug-likeness (QED) is 0.642. The molecule has 1 amide bonds. The number of fused-ring (bicyclic) bond motifs is 2. The van der Waals surface area contributed by atoms with Crippen molar-refractivity contribution >= 4 is 17.6 Å². The molecule has 32 heavy (non-hydrogen) atoms. The van der Waals surface area contributed by atoms with Crippen LogP contribution in [0.25, 0.3) is 5.57 Å². The van der Waals surface area contributed by atoms with Crippen LogP contribution < -0.4 is 0 Å². The zero-order chi connectivity index (χ0) is 22.7. The number of carboxylic acids is 1. The van der Waals surface area contributed by atoms with E-state index in [9.17, 15) is 14.7 Å². The zero-order valence-electron chi connectivity index (χ0n) is 18.6. The van der Waals surface area contributed by atoms with Gasteiger partial charge in [0.1, 0.15) is 12.6 Å². The number of carbonyl (C=O) groups excluding carboxylic acids is 1. The lowest BCUT2D eigenvalue weighted by molar-refractivity contribution is -0.142. The Hall–Kier alpha value is -3.34. The molecule has 0 fully saturated rings. The highest BCUT2D eigenvalue weighted by atomic mass is 16.6. The van der Waals surface area contributed by atoms with E-state index in [4.69, 9.17) is 4.74 Å². The first kappa shape index (κ1) is 21.9. The number of carboxylic acid groups (broad SMARTS) is 1. The summed E-state index contributed by atoms with van der Waals surface area (Å²) in [5, 5.41) is 9.84. The van der Waals surface area contributed by atoms with Crippen molar-refractivity contribution in [1.82, 2.24) is 4.90 Å². The smallest absolute Gasteiger partial charge is 0.410 e. The van der Waals surface area contributed by atoms with Gasteiger partial charge in [0.25, 0.3) is 0 Å². The van der Waals surface area contributed by atoms with E-state index in [1.807, 2.05) is 43.3 Å². The van der Waals surface area contributed by atoms with Gasteiger partial charge in [-0.1, -0.05) is 71.8 Å². The average molecular weight is 432 g/mol. The van der Waals surface area contributed by atoms with Crippen LogP contribution in [-0.2, 0) is 16.0 Å². The van der Waals surface area contributed by atoms with Crippen LogP contribution in [0.1, 0.15) is 47.9 Å². The van der Waals surface area contributed by atoms with Crippen LogP contribution >= 0.6 is 0 Å². The van der Waals surface area contributed by atoms with Crippen LogP contribution in [0.2, 0.25) is 0 Å². The predicted octanol–water partition coefficient (Wildman–Crippen LogP) is 5.35. The summed E-state index contributed by atoms with van der Waals surface area (Å²) < 4.78 is 5.74. The van der Waals surface area contributed by atoms with Gasteiger partial charge < -0.3 is 9.84 Å². The van der Waals surface area contributed by atoms with Crippen molar-refractivity contribution in [2.75, 3.05) is 13.2 Å².